The first kappa shape index (κ1) is 25.3. The lowest BCUT2D eigenvalue weighted by atomic mass is 10.1. The minimum Gasteiger partial charge on any atom is -0.476 e. The first-order valence-electron chi connectivity index (χ1n) is 12.8. The van der Waals surface area contributed by atoms with Crippen LogP contribution in [0.25, 0.3) is 0 Å². The third kappa shape index (κ3) is 5.81. The van der Waals surface area contributed by atoms with Crippen LogP contribution in [0.4, 0.5) is 5.69 Å². The number of ether oxygens (including phenoxy) is 1. The smallest absolute Gasteiger partial charge is 0.264 e. The topological polar surface area (TPSA) is 79.0 Å². The van der Waals surface area contributed by atoms with Crippen molar-refractivity contribution in [1.82, 2.24) is 10.2 Å². The molecule has 2 heterocycles. The Hall–Kier alpha value is -3.36. The van der Waals surface area contributed by atoms with Crippen molar-refractivity contribution in [2.75, 3.05) is 23.9 Å². The third-order valence-corrected chi connectivity index (χ3v) is 8.74. The number of rotatable bonds is 7. The highest BCUT2D eigenvalue weighted by atomic mass is 32.2. The van der Waals surface area contributed by atoms with E-state index < -0.39 is 16.1 Å². The van der Waals surface area contributed by atoms with Crippen molar-refractivity contribution in [1.29, 1.82) is 0 Å². The summed E-state index contributed by atoms with van der Waals surface area (Å²) in [7, 11) is -3.88. The van der Waals surface area contributed by atoms with Gasteiger partial charge in [0.05, 0.1) is 17.1 Å². The summed E-state index contributed by atoms with van der Waals surface area (Å²) in [6.45, 7) is 5.32. The van der Waals surface area contributed by atoms with Crippen molar-refractivity contribution < 1.29 is 17.9 Å². The highest BCUT2D eigenvalue weighted by molar-refractivity contribution is 7.92. The zero-order chi connectivity index (χ0) is 25.8. The van der Waals surface area contributed by atoms with Crippen molar-refractivity contribution in [2.24, 2.45) is 0 Å². The highest BCUT2D eigenvalue weighted by Crippen LogP contribution is 2.36. The number of hydrogen-bond donors (Lipinski definition) is 1. The molecule has 0 saturated carbocycles. The summed E-state index contributed by atoms with van der Waals surface area (Å²) in [6, 6.07) is 21.9. The molecule has 1 N–H and O–H groups in total. The summed E-state index contributed by atoms with van der Waals surface area (Å²) >= 11 is 0. The lowest BCUT2D eigenvalue weighted by molar-refractivity contribution is -0.127. The van der Waals surface area contributed by atoms with Crippen LogP contribution in [0.3, 0.4) is 0 Å². The molecule has 0 radical (unpaired) electrons. The van der Waals surface area contributed by atoms with Crippen LogP contribution in [0, 0.1) is 6.92 Å². The van der Waals surface area contributed by atoms with Gasteiger partial charge in [-0.2, -0.15) is 0 Å². The number of para-hydroxylation sites is 2. The number of carbonyl (C=O) groups excluding carboxylic acids is 1. The normalized spacial score (nSPS) is 18.1. The third-order valence-electron chi connectivity index (χ3n) is 6.95. The van der Waals surface area contributed by atoms with E-state index in [1.807, 2.05) is 19.1 Å². The van der Waals surface area contributed by atoms with Crippen LogP contribution >= 0.6 is 0 Å². The summed E-state index contributed by atoms with van der Waals surface area (Å²) in [5.41, 5.74) is 3.63. The molecule has 5 rings (SSSR count). The van der Waals surface area contributed by atoms with Crippen LogP contribution in [0.1, 0.15) is 36.0 Å². The molecular formula is C29H33N3O4S. The SMILES string of the molecule is Cc1ccc(S(=O)(=O)N2CC(C(=O)NCc3cccc(CN4CCCCC4)c3)Oc3ccccc32)cc1. The molecule has 194 valence electrons. The minimum absolute atomic E-state index is 0.103. The fourth-order valence-electron chi connectivity index (χ4n) is 4.92. The van der Waals surface area contributed by atoms with Gasteiger partial charge in [-0.25, -0.2) is 8.42 Å². The molecule has 3 aromatic rings. The number of likely N-dealkylation sites (tertiary alicyclic amines) is 1. The Morgan fingerprint density at radius 1 is 0.946 bits per heavy atom. The van der Waals surface area contributed by atoms with Crippen molar-refractivity contribution >= 4 is 21.6 Å². The largest absolute Gasteiger partial charge is 0.476 e. The number of nitrogens with zero attached hydrogens (tertiary/aromatic N) is 2. The molecule has 1 unspecified atom stereocenters. The van der Waals surface area contributed by atoms with E-state index in [0.717, 1.165) is 30.8 Å². The van der Waals surface area contributed by atoms with Gasteiger partial charge in [-0.15, -0.1) is 0 Å². The quantitative estimate of drug-likeness (QED) is 0.505. The molecule has 0 aromatic heterocycles. The predicted octanol–water partition coefficient (Wildman–Crippen LogP) is 4.25. The number of carbonyl (C=O) groups is 1. The first-order chi connectivity index (χ1) is 17.9. The number of piperidine rings is 1. The molecular weight excluding hydrogens is 486 g/mol. The Kier molecular flexibility index (Phi) is 7.48. The Morgan fingerprint density at radius 3 is 2.46 bits per heavy atom. The minimum atomic E-state index is -3.88. The van der Waals surface area contributed by atoms with Gasteiger partial charge in [0.2, 0.25) is 0 Å². The van der Waals surface area contributed by atoms with Crippen molar-refractivity contribution in [3.8, 4) is 5.75 Å². The van der Waals surface area contributed by atoms with Gasteiger partial charge >= 0.3 is 0 Å². The fourth-order valence-corrected chi connectivity index (χ4v) is 6.40. The van der Waals surface area contributed by atoms with Crippen LogP contribution < -0.4 is 14.4 Å². The molecule has 1 atom stereocenters. The number of anilines is 1. The predicted molar refractivity (Wildman–Crippen MR) is 144 cm³/mol. The molecule has 7 nitrogen and oxygen atoms in total. The van der Waals surface area contributed by atoms with Gasteiger partial charge in [-0.1, -0.05) is 60.5 Å². The van der Waals surface area contributed by atoms with E-state index in [4.69, 9.17) is 4.74 Å². The van der Waals surface area contributed by atoms with E-state index in [0.29, 0.717) is 18.0 Å². The molecule has 0 aliphatic carbocycles. The number of fused-ring (bicyclic) bond motifs is 1. The van der Waals surface area contributed by atoms with Gasteiger partial charge < -0.3 is 10.1 Å². The van der Waals surface area contributed by atoms with Crippen molar-refractivity contribution in [3.63, 3.8) is 0 Å². The van der Waals surface area contributed by atoms with E-state index in [1.54, 1.807) is 48.5 Å². The molecule has 0 bridgehead atoms. The van der Waals surface area contributed by atoms with Crippen LogP contribution in [0.2, 0.25) is 0 Å². The van der Waals surface area contributed by atoms with Gasteiger partial charge in [0.25, 0.3) is 15.9 Å². The summed E-state index contributed by atoms with van der Waals surface area (Å²) in [4.78, 5) is 15.8. The Morgan fingerprint density at radius 2 is 1.68 bits per heavy atom. The van der Waals surface area contributed by atoms with E-state index in [-0.39, 0.29) is 17.3 Å². The second-order valence-corrected chi connectivity index (χ2v) is 11.7. The molecule has 2 aliphatic rings. The lowest BCUT2D eigenvalue weighted by Gasteiger charge is -2.34. The lowest BCUT2D eigenvalue weighted by Crippen LogP contribution is -2.50. The Balaban J connectivity index is 1.29. The number of hydrogen-bond acceptors (Lipinski definition) is 5. The van der Waals surface area contributed by atoms with E-state index >= 15 is 0 Å². The van der Waals surface area contributed by atoms with Crippen LogP contribution in [-0.4, -0.2) is 45.0 Å². The van der Waals surface area contributed by atoms with Gasteiger partial charge in [-0.05, 0) is 68.2 Å². The molecule has 1 fully saturated rings. The van der Waals surface area contributed by atoms with Gasteiger partial charge in [0.15, 0.2) is 6.10 Å². The highest BCUT2D eigenvalue weighted by Gasteiger charge is 2.37. The molecule has 1 saturated heterocycles. The molecule has 37 heavy (non-hydrogen) atoms. The summed E-state index contributed by atoms with van der Waals surface area (Å²) in [5, 5.41) is 2.95. The average molecular weight is 520 g/mol. The fraction of sp³-hybridized carbons (Fsp3) is 0.345. The monoisotopic (exact) mass is 519 g/mol. The number of sulfonamides is 1. The zero-order valence-electron chi connectivity index (χ0n) is 21.1. The van der Waals surface area contributed by atoms with Crippen molar-refractivity contribution in [2.45, 2.75) is 50.3 Å². The Bertz CT molecular complexity index is 1350. The molecule has 8 heteroatoms. The van der Waals surface area contributed by atoms with E-state index in [9.17, 15) is 13.2 Å². The van der Waals surface area contributed by atoms with E-state index in [1.165, 1.54) is 29.1 Å². The summed E-state index contributed by atoms with van der Waals surface area (Å²) in [6.07, 6.45) is 2.83. The number of benzene rings is 3. The molecule has 0 spiro atoms. The second-order valence-electron chi connectivity index (χ2n) is 9.80. The van der Waals surface area contributed by atoms with Crippen LogP contribution in [0.15, 0.2) is 77.7 Å². The summed E-state index contributed by atoms with van der Waals surface area (Å²) in [5.74, 6) is 0.0214. The Labute approximate surface area is 219 Å². The average Bonchev–Trinajstić information content (AvgIpc) is 2.92. The van der Waals surface area contributed by atoms with E-state index in [2.05, 4.69) is 22.3 Å². The maximum absolute atomic E-state index is 13.5. The van der Waals surface area contributed by atoms with Gasteiger partial charge in [0.1, 0.15) is 5.75 Å². The number of nitrogens with one attached hydrogen (secondary N) is 1. The van der Waals surface area contributed by atoms with Crippen LogP contribution in [0.5, 0.6) is 5.75 Å². The standard InChI is InChI=1S/C29H33N3O4S/c1-22-12-14-25(15-13-22)37(34,35)32-21-28(36-27-11-4-3-10-26(27)32)29(33)30-19-23-8-7-9-24(18-23)20-31-16-5-2-6-17-31/h3-4,7-15,18,28H,2,5-6,16-17,19-21H2,1H3,(H,30,33). The number of amides is 1. The maximum atomic E-state index is 13.5. The van der Waals surface area contributed by atoms with Gasteiger partial charge in [-0.3, -0.25) is 14.0 Å². The second kappa shape index (κ2) is 10.9. The molecule has 3 aromatic carbocycles. The number of aryl methyl sites for hydroxylation is 1. The maximum Gasteiger partial charge on any atom is 0.264 e. The van der Waals surface area contributed by atoms with Crippen LogP contribution in [-0.2, 0) is 27.9 Å². The first-order valence-corrected chi connectivity index (χ1v) is 14.3. The molecule has 1 amide bonds. The van der Waals surface area contributed by atoms with Gasteiger partial charge in [0, 0.05) is 13.1 Å². The molecule has 2 aliphatic heterocycles. The zero-order valence-corrected chi connectivity index (χ0v) is 21.9. The van der Waals surface area contributed by atoms with Crippen molar-refractivity contribution in [3.05, 3.63) is 89.5 Å². The summed E-state index contributed by atoms with van der Waals surface area (Å²) < 4.78 is 34.3.